The minimum Gasteiger partial charge on any atom is -0.484 e. The van der Waals surface area contributed by atoms with Crippen molar-refractivity contribution in [2.75, 3.05) is 6.61 Å². The largest absolute Gasteiger partial charge is 0.484 e. The van der Waals surface area contributed by atoms with Crippen molar-refractivity contribution in [3.8, 4) is 5.75 Å². The molecule has 1 aromatic carbocycles. The Hall–Kier alpha value is -2.51. The predicted octanol–water partition coefficient (Wildman–Crippen LogP) is 5.11. The van der Waals surface area contributed by atoms with Gasteiger partial charge in [-0.25, -0.2) is 4.79 Å². The molecule has 0 atom stereocenters. The highest BCUT2D eigenvalue weighted by molar-refractivity contribution is 6.20. The smallest absolute Gasteiger partial charge is 0.422 e. The summed E-state index contributed by atoms with van der Waals surface area (Å²) in [6.45, 7) is 5.36. The minimum absolute atomic E-state index is 0.0397. The second-order valence-electron chi connectivity index (χ2n) is 8.82. The highest BCUT2D eigenvalue weighted by atomic mass is 19.4. The van der Waals surface area contributed by atoms with E-state index in [2.05, 4.69) is 0 Å². The van der Waals surface area contributed by atoms with Crippen LogP contribution in [-0.4, -0.2) is 30.3 Å². The van der Waals surface area contributed by atoms with Gasteiger partial charge in [-0.2, -0.15) is 13.2 Å². The van der Waals surface area contributed by atoms with Crippen LogP contribution in [-0.2, 0) is 19.1 Å². The fourth-order valence-electron chi connectivity index (χ4n) is 3.62. The fraction of sp³-hybridized carbons (Fsp3) is 0.545. The zero-order chi connectivity index (χ0) is 22.3. The van der Waals surface area contributed by atoms with E-state index in [1.165, 1.54) is 12.1 Å². The molecule has 0 N–H and O–H groups in total. The number of hydrogen-bond acceptors (Lipinski definition) is 5. The summed E-state index contributed by atoms with van der Waals surface area (Å²) in [7, 11) is 0. The number of esters is 2. The Bertz CT molecular complexity index is 887. The van der Waals surface area contributed by atoms with E-state index < -0.39 is 35.7 Å². The normalized spacial score (nSPS) is 18.7. The van der Waals surface area contributed by atoms with Gasteiger partial charge in [0.2, 0.25) is 0 Å². The van der Waals surface area contributed by atoms with E-state index in [0.717, 1.165) is 12.8 Å². The van der Waals surface area contributed by atoms with Crippen molar-refractivity contribution in [1.29, 1.82) is 0 Å². The molecule has 1 fully saturated rings. The van der Waals surface area contributed by atoms with E-state index in [9.17, 15) is 22.8 Å². The Morgan fingerprint density at radius 3 is 2.37 bits per heavy atom. The second-order valence-corrected chi connectivity index (χ2v) is 8.82. The molecule has 0 saturated heterocycles. The summed E-state index contributed by atoms with van der Waals surface area (Å²) in [5, 5.41) is 0. The van der Waals surface area contributed by atoms with Crippen LogP contribution in [0.15, 0.2) is 24.0 Å². The first-order valence-electron chi connectivity index (χ1n) is 9.83. The molecule has 164 valence electrons. The van der Waals surface area contributed by atoms with E-state index in [1.807, 2.05) is 0 Å². The second kappa shape index (κ2) is 7.63. The molecule has 0 radical (unpaired) electrons. The SMILES string of the molecule is Cc1ccc(OCC(F)(F)F)cc1C1=C(OC(=O)C(C)(C)C)C2(CCCC2)OC1=O. The van der Waals surface area contributed by atoms with Gasteiger partial charge >= 0.3 is 18.1 Å². The number of carbonyl (C=O) groups is 2. The van der Waals surface area contributed by atoms with E-state index in [4.69, 9.17) is 14.2 Å². The molecule has 5 nitrogen and oxygen atoms in total. The molecular formula is C22H25F3O5. The molecule has 3 rings (SSSR count). The number of halogens is 3. The van der Waals surface area contributed by atoms with Crippen LogP contribution in [0.1, 0.15) is 57.6 Å². The molecule has 1 spiro atoms. The Morgan fingerprint density at radius 1 is 1.17 bits per heavy atom. The summed E-state index contributed by atoms with van der Waals surface area (Å²) >= 11 is 0. The predicted molar refractivity (Wildman–Crippen MR) is 102 cm³/mol. The van der Waals surface area contributed by atoms with Crippen LogP contribution < -0.4 is 4.74 Å². The lowest BCUT2D eigenvalue weighted by Crippen LogP contribution is -2.33. The fourth-order valence-corrected chi connectivity index (χ4v) is 3.62. The quantitative estimate of drug-likeness (QED) is 0.627. The zero-order valence-electron chi connectivity index (χ0n) is 17.4. The van der Waals surface area contributed by atoms with E-state index in [0.29, 0.717) is 24.0 Å². The summed E-state index contributed by atoms with van der Waals surface area (Å²) in [5.41, 5.74) is -0.788. The number of aryl methyl sites for hydroxylation is 1. The van der Waals surface area contributed by atoms with Crippen molar-refractivity contribution in [3.63, 3.8) is 0 Å². The topological polar surface area (TPSA) is 61.8 Å². The van der Waals surface area contributed by atoms with Crippen LogP contribution in [0.3, 0.4) is 0 Å². The molecule has 30 heavy (non-hydrogen) atoms. The van der Waals surface area contributed by atoms with Gasteiger partial charge in [0.05, 0.1) is 5.41 Å². The number of carbonyl (C=O) groups excluding carboxylic acids is 2. The molecule has 0 amide bonds. The maximum atomic E-state index is 12.9. The molecule has 1 saturated carbocycles. The van der Waals surface area contributed by atoms with Crippen LogP contribution in [0, 0.1) is 12.3 Å². The summed E-state index contributed by atoms with van der Waals surface area (Å²) in [6, 6.07) is 4.32. The van der Waals surface area contributed by atoms with Crippen molar-refractivity contribution < 1.29 is 37.0 Å². The van der Waals surface area contributed by atoms with Gasteiger partial charge in [0.1, 0.15) is 11.3 Å². The van der Waals surface area contributed by atoms with Crippen molar-refractivity contribution >= 4 is 17.5 Å². The first-order chi connectivity index (χ1) is 13.8. The first kappa shape index (κ1) is 22.2. The van der Waals surface area contributed by atoms with Crippen LogP contribution >= 0.6 is 0 Å². The molecule has 0 aromatic heterocycles. The van der Waals surface area contributed by atoms with Crippen molar-refractivity contribution in [1.82, 2.24) is 0 Å². The Kier molecular flexibility index (Phi) is 5.64. The third-order valence-corrected chi connectivity index (χ3v) is 5.23. The Balaban J connectivity index is 2.08. The average Bonchev–Trinajstić information content (AvgIpc) is 3.18. The van der Waals surface area contributed by atoms with Gasteiger partial charge in [0, 0.05) is 0 Å². The molecule has 1 aliphatic heterocycles. The summed E-state index contributed by atoms with van der Waals surface area (Å²) in [4.78, 5) is 25.5. The van der Waals surface area contributed by atoms with Crippen molar-refractivity contribution in [3.05, 3.63) is 35.1 Å². The monoisotopic (exact) mass is 426 g/mol. The molecule has 1 heterocycles. The summed E-state index contributed by atoms with van der Waals surface area (Å²) in [6.07, 6.45) is -1.82. The highest BCUT2D eigenvalue weighted by Crippen LogP contribution is 2.49. The number of hydrogen-bond donors (Lipinski definition) is 0. The molecular weight excluding hydrogens is 401 g/mol. The van der Waals surface area contributed by atoms with Crippen LogP contribution in [0.25, 0.3) is 5.57 Å². The highest BCUT2D eigenvalue weighted by Gasteiger charge is 2.53. The van der Waals surface area contributed by atoms with Gasteiger partial charge in [-0.3, -0.25) is 4.79 Å². The van der Waals surface area contributed by atoms with Gasteiger partial charge in [-0.1, -0.05) is 6.07 Å². The zero-order valence-corrected chi connectivity index (χ0v) is 17.4. The maximum absolute atomic E-state index is 12.9. The first-order valence-corrected chi connectivity index (χ1v) is 9.83. The van der Waals surface area contributed by atoms with Gasteiger partial charge in [0.15, 0.2) is 18.0 Å². The van der Waals surface area contributed by atoms with Crippen LogP contribution in [0.2, 0.25) is 0 Å². The summed E-state index contributed by atoms with van der Waals surface area (Å²) in [5.74, 6) is -1.05. The van der Waals surface area contributed by atoms with E-state index >= 15 is 0 Å². The minimum atomic E-state index is -4.49. The summed E-state index contributed by atoms with van der Waals surface area (Å²) < 4.78 is 53.9. The third kappa shape index (κ3) is 4.47. The lowest BCUT2D eigenvalue weighted by molar-refractivity contribution is -0.157. The van der Waals surface area contributed by atoms with Crippen molar-refractivity contribution in [2.45, 2.75) is 65.2 Å². The number of benzene rings is 1. The molecule has 8 heteroatoms. The van der Waals surface area contributed by atoms with E-state index in [1.54, 1.807) is 33.8 Å². The van der Waals surface area contributed by atoms with Gasteiger partial charge in [0.25, 0.3) is 0 Å². The molecule has 0 bridgehead atoms. The average molecular weight is 426 g/mol. The van der Waals surface area contributed by atoms with Crippen LogP contribution in [0.4, 0.5) is 13.2 Å². The van der Waals surface area contributed by atoms with Gasteiger partial charge in [-0.15, -0.1) is 0 Å². The standard InChI is InChI=1S/C22H25F3O5/c1-13-7-8-14(28-12-22(23,24)25)11-15(13)16-17(29-19(27)20(2,3)4)21(30-18(16)26)9-5-6-10-21/h7-8,11H,5-6,9-10,12H2,1-4H3. The third-order valence-electron chi connectivity index (χ3n) is 5.23. The van der Waals surface area contributed by atoms with Crippen molar-refractivity contribution in [2.24, 2.45) is 5.41 Å². The lowest BCUT2D eigenvalue weighted by atomic mass is 9.92. The van der Waals surface area contributed by atoms with Gasteiger partial charge < -0.3 is 14.2 Å². The molecule has 1 aromatic rings. The molecule has 1 aliphatic carbocycles. The van der Waals surface area contributed by atoms with E-state index in [-0.39, 0.29) is 17.1 Å². The number of ether oxygens (including phenoxy) is 3. The Labute approximate surface area is 173 Å². The number of alkyl halides is 3. The Morgan fingerprint density at radius 2 is 1.80 bits per heavy atom. The maximum Gasteiger partial charge on any atom is 0.422 e. The van der Waals surface area contributed by atoms with Crippen LogP contribution in [0.5, 0.6) is 5.75 Å². The van der Waals surface area contributed by atoms with Gasteiger partial charge in [-0.05, 0) is 76.6 Å². The number of rotatable bonds is 4. The molecule has 0 unspecified atom stereocenters. The lowest BCUT2D eigenvalue weighted by Gasteiger charge is -2.27. The molecule has 2 aliphatic rings.